The van der Waals surface area contributed by atoms with E-state index >= 15 is 0 Å². The molecule has 1 atom stereocenters. The van der Waals surface area contributed by atoms with Crippen molar-refractivity contribution in [3.05, 3.63) is 38.6 Å². The van der Waals surface area contributed by atoms with Crippen molar-refractivity contribution in [2.75, 3.05) is 0 Å². The molecule has 0 aliphatic heterocycles. The van der Waals surface area contributed by atoms with Crippen LogP contribution in [-0.2, 0) is 4.79 Å². The van der Waals surface area contributed by atoms with Crippen LogP contribution < -0.4 is 5.73 Å². The van der Waals surface area contributed by atoms with Gasteiger partial charge in [0.2, 0.25) is 0 Å². The zero-order valence-corrected chi connectivity index (χ0v) is 12.0. The molecule has 0 radical (unpaired) electrons. The number of rotatable bonds is 3. The number of nitrogens with two attached hydrogens (primary N) is 1. The quantitative estimate of drug-likeness (QED) is 0.909. The van der Waals surface area contributed by atoms with E-state index in [0.29, 0.717) is 5.01 Å². The van der Waals surface area contributed by atoms with Crippen LogP contribution in [0.4, 0.5) is 0 Å². The number of hydrogen-bond donors (Lipinski definition) is 2. The highest BCUT2D eigenvalue weighted by Gasteiger charge is 2.19. The number of hydrogen-bond acceptors (Lipinski definition) is 4. The van der Waals surface area contributed by atoms with E-state index < -0.39 is 12.0 Å². The van der Waals surface area contributed by atoms with Crippen LogP contribution in [0.2, 0.25) is 0 Å². The third-order valence-corrected chi connectivity index (χ3v) is 3.95. The Balaban J connectivity index is 2.41. The molecule has 2 rings (SSSR count). The van der Waals surface area contributed by atoms with Gasteiger partial charge in [0.1, 0.15) is 5.01 Å². The van der Waals surface area contributed by atoms with Crippen molar-refractivity contribution in [3.8, 4) is 11.3 Å². The summed E-state index contributed by atoms with van der Waals surface area (Å²) in [7, 11) is 0. The van der Waals surface area contributed by atoms with Crippen molar-refractivity contribution in [2.45, 2.75) is 13.0 Å². The van der Waals surface area contributed by atoms with Crippen LogP contribution in [0.15, 0.2) is 28.1 Å². The Morgan fingerprint density at radius 3 is 2.94 bits per heavy atom. The molecule has 0 amide bonds. The highest BCUT2D eigenvalue weighted by Crippen LogP contribution is 2.29. The Hall–Kier alpha value is -1.24. The number of carbonyl (C=O) groups is 1. The summed E-state index contributed by atoms with van der Waals surface area (Å²) in [4.78, 5) is 15.1. The normalized spacial score (nSPS) is 12.4. The van der Waals surface area contributed by atoms with Crippen LogP contribution in [0.25, 0.3) is 11.3 Å². The second-order valence-electron chi connectivity index (χ2n) is 3.85. The van der Waals surface area contributed by atoms with E-state index in [4.69, 9.17) is 10.8 Å². The molecule has 1 heterocycles. The summed E-state index contributed by atoms with van der Waals surface area (Å²) in [6, 6.07) is 4.83. The van der Waals surface area contributed by atoms with Gasteiger partial charge < -0.3 is 10.8 Å². The van der Waals surface area contributed by atoms with Crippen molar-refractivity contribution in [1.29, 1.82) is 0 Å². The van der Waals surface area contributed by atoms with Gasteiger partial charge >= 0.3 is 5.97 Å². The summed E-state index contributed by atoms with van der Waals surface area (Å²) in [5.74, 6) is -1.07. The van der Waals surface area contributed by atoms with Crippen molar-refractivity contribution < 1.29 is 9.90 Å². The van der Waals surface area contributed by atoms with Gasteiger partial charge in [-0.2, -0.15) is 0 Å². The highest BCUT2D eigenvalue weighted by molar-refractivity contribution is 9.10. The maximum absolute atomic E-state index is 10.8. The largest absolute Gasteiger partial charge is 0.480 e. The van der Waals surface area contributed by atoms with Crippen LogP contribution in [0.3, 0.4) is 0 Å². The van der Waals surface area contributed by atoms with E-state index in [1.165, 1.54) is 11.3 Å². The number of aryl methyl sites for hydroxylation is 1. The fourth-order valence-corrected chi connectivity index (χ4v) is 2.70. The molecular formula is C12H11BrN2O2S. The van der Waals surface area contributed by atoms with E-state index in [1.54, 1.807) is 0 Å². The summed E-state index contributed by atoms with van der Waals surface area (Å²) in [5.41, 5.74) is 8.35. The van der Waals surface area contributed by atoms with Gasteiger partial charge in [0.25, 0.3) is 0 Å². The van der Waals surface area contributed by atoms with Gasteiger partial charge in [-0.25, -0.2) is 4.98 Å². The van der Waals surface area contributed by atoms with Gasteiger partial charge in [0, 0.05) is 15.4 Å². The number of carboxylic acids is 1. The van der Waals surface area contributed by atoms with Gasteiger partial charge in [-0.1, -0.05) is 22.0 Å². The Labute approximate surface area is 117 Å². The maximum atomic E-state index is 10.8. The lowest BCUT2D eigenvalue weighted by molar-refractivity contribution is -0.138. The molecule has 1 aromatic carbocycles. The zero-order valence-electron chi connectivity index (χ0n) is 9.55. The Kier molecular flexibility index (Phi) is 3.79. The molecule has 0 aliphatic carbocycles. The summed E-state index contributed by atoms with van der Waals surface area (Å²) in [5, 5.41) is 11.1. The lowest BCUT2D eigenvalue weighted by atomic mass is 10.1. The number of carboxylic acid groups (broad SMARTS) is 1. The Bertz CT molecular complexity index is 598. The molecule has 1 aromatic heterocycles. The molecule has 3 N–H and O–H groups in total. The SMILES string of the molecule is Cc1ccc(Br)cc1-c1csc(C(N)C(=O)O)n1. The average molecular weight is 327 g/mol. The topological polar surface area (TPSA) is 76.2 Å². The highest BCUT2D eigenvalue weighted by atomic mass is 79.9. The fraction of sp³-hybridized carbons (Fsp3) is 0.167. The molecule has 0 spiro atoms. The van der Waals surface area contributed by atoms with Crippen LogP contribution in [0.1, 0.15) is 16.6 Å². The first-order valence-electron chi connectivity index (χ1n) is 5.19. The standard InChI is InChI=1S/C12H11BrN2O2S/c1-6-2-3-7(13)4-8(6)9-5-18-11(15-9)10(14)12(16)17/h2-5,10H,14H2,1H3,(H,16,17). The molecule has 0 saturated heterocycles. The molecule has 0 saturated carbocycles. The first kappa shape index (κ1) is 13.2. The summed E-state index contributed by atoms with van der Waals surface area (Å²) in [6.07, 6.45) is 0. The van der Waals surface area contributed by atoms with E-state index in [9.17, 15) is 4.79 Å². The predicted octanol–water partition coefficient (Wildman–Crippen LogP) is 2.97. The summed E-state index contributed by atoms with van der Waals surface area (Å²) < 4.78 is 0.959. The summed E-state index contributed by atoms with van der Waals surface area (Å²) >= 11 is 4.67. The molecular weight excluding hydrogens is 316 g/mol. The van der Waals surface area contributed by atoms with Crippen LogP contribution >= 0.6 is 27.3 Å². The van der Waals surface area contributed by atoms with Crippen molar-refractivity contribution in [2.24, 2.45) is 5.73 Å². The second kappa shape index (κ2) is 5.17. The fourth-order valence-electron chi connectivity index (χ4n) is 1.53. The van der Waals surface area contributed by atoms with Gasteiger partial charge in [-0.15, -0.1) is 11.3 Å². The minimum atomic E-state index is -1.07. The molecule has 0 fully saturated rings. The molecule has 6 heteroatoms. The van der Waals surface area contributed by atoms with E-state index in [-0.39, 0.29) is 0 Å². The number of halogens is 1. The van der Waals surface area contributed by atoms with Crippen LogP contribution in [0.5, 0.6) is 0 Å². The third-order valence-electron chi connectivity index (χ3n) is 2.53. The molecule has 0 aliphatic rings. The molecule has 4 nitrogen and oxygen atoms in total. The molecule has 1 unspecified atom stereocenters. The number of benzene rings is 1. The number of aliphatic carboxylic acids is 1. The van der Waals surface area contributed by atoms with E-state index in [1.807, 2.05) is 30.5 Å². The van der Waals surface area contributed by atoms with Gasteiger partial charge in [-0.05, 0) is 24.6 Å². The number of thiazole rings is 1. The van der Waals surface area contributed by atoms with Crippen molar-refractivity contribution >= 4 is 33.2 Å². The third kappa shape index (κ3) is 2.60. The molecule has 2 aromatic rings. The van der Waals surface area contributed by atoms with E-state index in [0.717, 1.165) is 21.3 Å². The average Bonchev–Trinajstić information content (AvgIpc) is 2.80. The Morgan fingerprint density at radius 2 is 2.28 bits per heavy atom. The summed E-state index contributed by atoms with van der Waals surface area (Å²) in [6.45, 7) is 1.98. The first-order chi connectivity index (χ1) is 8.49. The maximum Gasteiger partial charge on any atom is 0.327 e. The van der Waals surface area contributed by atoms with E-state index in [2.05, 4.69) is 20.9 Å². The first-order valence-corrected chi connectivity index (χ1v) is 6.86. The molecule has 18 heavy (non-hydrogen) atoms. The minimum Gasteiger partial charge on any atom is -0.480 e. The predicted molar refractivity (Wildman–Crippen MR) is 74.6 cm³/mol. The monoisotopic (exact) mass is 326 g/mol. The van der Waals surface area contributed by atoms with Crippen LogP contribution in [-0.4, -0.2) is 16.1 Å². The lowest BCUT2D eigenvalue weighted by Crippen LogP contribution is -2.20. The van der Waals surface area contributed by atoms with Gasteiger partial charge in [0.05, 0.1) is 5.69 Å². The van der Waals surface area contributed by atoms with Crippen molar-refractivity contribution in [1.82, 2.24) is 4.98 Å². The lowest BCUT2D eigenvalue weighted by Gasteiger charge is -2.04. The van der Waals surface area contributed by atoms with Gasteiger partial charge in [0.15, 0.2) is 6.04 Å². The number of nitrogens with zero attached hydrogens (tertiary/aromatic N) is 1. The van der Waals surface area contributed by atoms with Gasteiger partial charge in [-0.3, -0.25) is 4.79 Å². The van der Waals surface area contributed by atoms with Crippen LogP contribution in [0, 0.1) is 6.92 Å². The smallest absolute Gasteiger partial charge is 0.327 e. The zero-order chi connectivity index (χ0) is 13.3. The van der Waals surface area contributed by atoms with Crippen molar-refractivity contribution in [3.63, 3.8) is 0 Å². The minimum absolute atomic E-state index is 0.414. The Morgan fingerprint density at radius 1 is 1.56 bits per heavy atom. The molecule has 94 valence electrons. The second-order valence-corrected chi connectivity index (χ2v) is 5.65. The number of aromatic nitrogens is 1. The molecule has 0 bridgehead atoms.